The van der Waals surface area contributed by atoms with Crippen LogP contribution in [-0.2, 0) is 17.6 Å². The number of rotatable bonds is 4. The van der Waals surface area contributed by atoms with Crippen LogP contribution >= 0.6 is 11.6 Å². The summed E-state index contributed by atoms with van der Waals surface area (Å²) in [6.45, 7) is 14.1. The Balaban J connectivity index is 1.34. The fourth-order valence-electron chi connectivity index (χ4n) is 5.65. The van der Waals surface area contributed by atoms with Crippen LogP contribution in [0, 0.1) is 28.6 Å². The van der Waals surface area contributed by atoms with Crippen LogP contribution in [-0.4, -0.2) is 40.4 Å². The number of aryl methyl sites for hydroxylation is 1. The van der Waals surface area contributed by atoms with Gasteiger partial charge in [-0.3, -0.25) is 4.79 Å². The van der Waals surface area contributed by atoms with E-state index in [9.17, 15) is 4.79 Å². The Labute approximate surface area is 192 Å². The first kappa shape index (κ1) is 22.8. The topological polar surface area (TPSA) is 58.1 Å². The van der Waals surface area contributed by atoms with E-state index in [-0.39, 0.29) is 16.7 Å². The molecule has 1 aromatic rings. The normalized spacial score (nSPS) is 31.0. The molecule has 2 aliphatic carbocycles. The summed E-state index contributed by atoms with van der Waals surface area (Å²) in [5.41, 5.74) is 2.89. The first-order valence-electron chi connectivity index (χ1n) is 12.1. The maximum atomic E-state index is 13.2. The van der Waals surface area contributed by atoms with Crippen molar-refractivity contribution in [1.82, 2.24) is 14.9 Å². The molecule has 1 aromatic heterocycles. The molecule has 2 atom stereocenters. The molecule has 0 bridgehead atoms. The number of fused-ring (bicyclic) bond motifs is 1. The molecule has 1 aliphatic heterocycles. The Morgan fingerprint density at radius 3 is 2.71 bits per heavy atom. The van der Waals surface area contributed by atoms with Gasteiger partial charge in [0.25, 0.3) is 0 Å². The van der Waals surface area contributed by atoms with Gasteiger partial charge in [0.15, 0.2) is 0 Å². The molecule has 1 saturated carbocycles. The highest BCUT2D eigenvalue weighted by Gasteiger charge is 2.51. The number of aromatic nitrogens is 2. The second kappa shape index (κ2) is 8.53. The van der Waals surface area contributed by atoms with Crippen LogP contribution < -0.4 is 5.32 Å². The van der Waals surface area contributed by atoms with E-state index in [1.54, 1.807) is 0 Å². The fraction of sp³-hybridized carbons (Fsp3) is 0.800. The summed E-state index contributed by atoms with van der Waals surface area (Å²) in [6, 6.07) is 0. The van der Waals surface area contributed by atoms with E-state index in [2.05, 4.69) is 54.8 Å². The lowest BCUT2D eigenvalue weighted by Crippen LogP contribution is -2.53. The number of carbonyl (C=O) groups is 1. The predicted molar refractivity (Wildman–Crippen MR) is 126 cm³/mol. The molecule has 0 spiro atoms. The SMILES string of the molecule is CC1CCc2nc(Cl)nc(NCC3CCCN(C(=O)C4CC(C)(C(C)(C)C)C4)C3)c2C1. The summed E-state index contributed by atoms with van der Waals surface area (Å²) in [7, 11) is 0. The van der Waals surface area contributed by atoms with Gasteiger partial charge in [0.1, 0.15) is 5.82 Å². The third-order valence-electron chi connectivity index (χ3n) is 8.43. The van der Waals surface area contributed by atoms with Crippen LogP contribution in [0.2, 0.25) is 5.28 Å². The maximum absolute atomic E-state index is 13.2. The molecule has 172 valence electrons. The van der Waals surface area contributed by atoms with Crippen LogP contribution in [0.15, 0.2) is 0 Å². The minimum atomic E-state index is 0.213. The molecule has 3 aliphatic rings. The van der Waals surface area contributed by atoms with E-state index in [4.69, 9.17) is 11.6 Å². The fourth-order valence-corrected chi connectivity index (χ4v) is 5.83. The number of carbonyl (C=O) groups excluding carboxylic acids is 1. The second-order valence-corrected chi connectivity index (χ2v) is 12.0. The highest BCUT2D eigenvalue weighted by molar-refractivity contribution is 6.28. The monoisotopic (exact) mass is 446 g/mol. The lowest BCUT2D eigenvalue weighted by atomic mass is 9.52. The first-order chi connectivity index (χ1) is 14.6. The Morgan fingerprint density at radius 1 is 1.26 bits per heavy atom. The zero-order valence-electron chi connectivity index (χ0n) is 19.9. The molecule has 2 unspecified atom stereocenters. The average molecular weight is 447 g/mol. The summed E-state index contributed by atoms with van der Waals surface area (Å²) < 4.78 is 0. The van der Waals surface area contributed by atoms with Gasteiger partial charge >= 0.3 is 0 Å². The van der Waals surface area contributed by atoms with E-state index in [1.807, 2.05) is 0 Å². The lowest BCUT2D eigenvalue weighted by molar-refractivity contribution is -0.149. The molecule has 5 nitrogen and oxygen atoms in total. The highest BCUT2D eigenvalue weighted by Crippen LogP contribution is 2.56. The van der Waals surface area contributed by atoms with Crippen molar-refractivity contribution in [3.8, 4) is 0 Å². The van der Waals surface area contributed by atoms with Crippen molar-refractivity contribution in [1.29, 1.82) is 0 Å². The third-order valence-corrected chi connectivity index (χ3v) is 8.60. The second-order valence-electron chi connectivity index (χ2n) is 11.7. The molecule has 1 amide bonds. The number of hydrogen-bond acceptors (Lipinski definition) is 4. The number of likely N-dealkylation sites (tertiary alicyclic amines) is 1. The number of hydrogen-bond donors (Lipinski definition) is 1. The first-order valence-corrected chi connectivity index (χ1v) is 12.5. The van der Waals surface area contributed by atoms with Gasteiger partial charge in [0.2, 0.25) is 11.2 Å². The van der Waals surface area contributed by atoms with Crippen molar-refractivity contribution >= 4 is 23.3 Å². The van der Waals surface area contributed by atoms with Gasteiger partial charge in [-0.2, -0.15) is 0 Å². The van der Waals surface area contributed by atoms with Crippen molar-refractivity contribution in [3.05, 3.63) is 16.5 Å². The van der Waals surface area contributed by atoms with Crippen molar-refractivity contribution < 1.29 is 4.79 Å². The Morgan fingerprint density at radius 2 is 2.00 bits per heavy atom. The molecule has 31 heavy (non-hydrogen) atoms. The summed E-state index contributed by atoms with van der Waals surface area (Å²) in [5, 5.41) is 3.92. The van der Waals surface area contributed by atoms with Crippen molar-refractivity contribution in [2.45, 2.75) is 79.6 Å². The van der Waals surface area contributed by atoms with Gasteiger partial charge < -0.3 is 10.2 Å². The quantitative estimate of drug-likeness (QED) is 0.632. The van der Waals surface area contributed by atoms with E-state index < -0.39 is 0 Å². The summed E-state index contributed by atoms with van der Waals surface area (Å²) >= 11 is 6.20. The van der Waals surface area contributed by atoms with Crippen molar-refractivity contribution in [3.63, 3.8) is 0 Å². The highest BCUT2D eigenvalue weighted by atomic mass is 35.5. The van der Waals surface area contributed by atoms with Crippen LogP contribution in [0.4, 0.5) is 5.82 Å². The zero-order chi connectivity index (χ0) is 22.4. The maximum Gasteiger partial charge on any atom is 0.225 e. The third kappa shape index (κ3) is 4.72. The van der Waals surface area contributed by atoms with E-state index in [1.165, 1.54) is 5.56 Å². The van der Waals surface area contributed by atoms with Gasteiger partial charge in [-0.15, -0.1) is 0 Å². The molecule has 0 radical (unpaired) electrons. The number of halogens is 1. The molecule has 0 aromatic carbocycles. The van der Waals surface area contributed by atoms with Gasteiger partial charge in [0, 0.05) is 31.1 Å². The molecule has 6 heteroatoms. The van der Waals surface area contributed by atoms with Crippen molar-refractivity contribution in [2.75, 3.05) is 25.0 Å². The van der Waals surface area contributed by atoms with Gasteiger partial charge in [-0.25, -0.2) is 9.97 Å². The van der Waals surface area contributed by atoms with Gasteiger partial charge in [0.05, 0.1) is 5.69 Å². The summed E-state index contributed by atoms with van der Waals surface area (Å²) in [4.78, 5) is 24.3. The lowest BCUT2D eigenvalue weighted by Gasteiger charge is -2.54. The van der Waals surface area contributed by atoms with E-state index >= 15 is 0 Å². The number of nitrogens with one attached hydrogen (secondary N) is 1. The minimum absolute atomic E-state index is 0.213. The van der Waals surface area contributed by atoms with Gasteiger partial charge in [-0.1, -0.05) is 34.6 Å². The van der Waals surface area contributed by atoms with E-state index in [0.29, 0.717) is 23.0 Å². The van der Waals surface area contributed by atoms with Gasteiger partial charge in [-0.05, 0) is 79.2 Å². The Bertz CT molecular complexity index is 828. The number of anilines is 1. The van der Waals surface area contributed by atoms with Crippen LogP contribution in [0.25, 0.3) is 0 Å². The molecule has 4 rings (SSSR count). The number of amides is 1. The molecule has 2 heterocycles. The standard InChI is InChI=1S/C25H39ClN4O/c1-16-8-9-20-19(11-16)21(29-23(26)28-20)27-14-17-7-6-10-30(15-17)22(31)18-12-25(5,13-18)24(2,3)4/h16-18H,6-15H2,1-5H3,(H,27,28,29). The molecular formula is C25H39ClN4O. The molecule has 2 fully saturated rings. The zero-order valence-corrected chi connectivity index (χ0v) is 20.7. The van der Waals surface area contributed by atoms with Crippen LogP contribution in [0.5, 0.6) is 0 Å². The Hall–Kier alpha value is -1.36. The predicted octanol–water partition coefficient (Wildman–Crippen LogP) is 5.37. The Kier molecular flexibility index (Phi) is 6.28. The largest absolute Gasteiger partial charge is 0.369 e. The smallest absolute Gasteiger partial charge is 0.225 e. The average Bonchev–Trinajstić information content (AvgIpc) is 2.69. The number of nitrogens with zero attached hydrogens (tertiary/aromatic N) is 3. The van der Waals surface area contributed by atoms with Crippen molar-refractivity contribution in [2.24, 2.45) is 28.6 Å². The van der Waals surface area contributed by atoms with Crippen LogP contribution in [0.1, 0.15) is 78.0 Å². The molecular weight excluding hydrogens is 408 g/mol. The molecule has 1 N–H and O–H groups in total. The van der Waals surface area contributed by atoms with Crippen LogP contribution in [0.3, 0.4) is 0 Å². The number of piperidine rings is 1. The molecule has 1 saturated heterocycles. The van der Waals surface area contributed by atoms with E-state index in [0.717, 1.165) is 76.1 Å². The summed E-state index contributed by atoms with van der Waals surface area (Å²) in [5.74, 6) is 2.61. The minimum Gasteiger partial charge on any atom is -0.369 e. The summed E-state index contributed by atoms with van der Waals surface area (Å²) in [6.07, 6.45) is 7.44.